The highest BCUT2D eigenvalue weighted by atomic mass is 16.5. The Kier molecular flexibility index (Phi) is 5.28. The van der Waals surface area contributed by atoms with E-state index < -0.39 is 5.41 Å². The lowest BCUT2D eigenvalue weighted by Crippen LogP contribution is -2.25. The summed E-state index contributed by atoms with van der Waals surface area (Å²) in [5.74, 6) is 1.04. The fourth-order valence-electron chi connectivity index (χ4n) is 3.95. The van der Waals surface area contributed by atoms with E-state index >= 15 is 0 Å². The Hall–Kier alpha value is -3.59. The molecule has 0 radical (unpaired) electrons. The van der Waals surface area contributed by atoms with Gasteiger partial charge in [-0.15, -0.1) is 0 Å². The zero-order chi connectivity index (χ0) is 21.1. The molecule has 0 spiro atoms. The summed E-state index contributed by atoms with van der Waals surface area (Å²) in [5, 5.41) is 2.41. The summed E-state index contributed by atoms with van der Waals surface area (Å²) in [4.78, 5) is 11.3. The van der Waals surface area contributed by atoms with Gasteiger partial charge in [0.25, 0.3) is 0 Å². The molecule has 150 valence electrons. The van der Waals surface area contributed by atoms with Crippen LogP contribution < -0.4 is 9.47 Å². The van der Waals surface area contributed by atoms with Gasteiger partial charge in [-0.1, -0.05) is 60.7 Å². The predicted octanol–water partition coefficient (Wildman–Crippen LogP) is 6.13. The molecule has 4 aromatic carbocycles. The minimum Gasteiger partial charge on any atom is -0.497 e. The maximum Gasteiger partial charge on any atom is 0.308 e. The molecule has 0 aliphatic heterocycles. The normalized spacial score (nSPS) is 12.9. The quantitative estimate of drug-likeness (QED) is 0.231. The Balaban J connectivity index is 1.88. The monoisotopic (exact) mass is 396 g/mol. The van der Waals surface area contributed by atoms with Gasteiger partial charge in [0.1, 0.15) is 11.5 Å². The minimum absolute atomic E-state index is 0.324. The maximum absolute atomic E-state index is 11.3. The molecular formula is C27H24O3. The zero-order valence-corrected chi connectivity index (χ0v) is 17.4. The summed E-state index contributed by atoms with van der Waals surface area (Å²) >= 11 is 0. The number of carbonyl (C=O) groups is 1. The van der Waals surface area contributed by atoms with Gasteiger partial charge >= 0.3 is 5.97 Å². The Morgan fingerprint density at radius 3 is 1.80 bits per heavy atom. The third kappa shape index (κ3) is 3.67. The van der Waals surface area contributed by atoms with Crippen LogP contribution in [0.1, 0.15) is 30.5 Å². The smallest absolute Gasteiger partial charge is 0.308 e. The van der Waals surface area contributed by atoms with E-state index in [4.69, 9.17) is 9.47 Å². The fraction of sp³-hybridized carbons (Fsp3) is 0.148. The molecule has 0 bridgehead atoms. The van der Waals surface area contributed by atoms with Gasteiger partial charge in [-0.2, -0.15) is 0 Å². The van der Waals surface area contributed by atoms with Crippen molar-refractivity contribution in [3.05, 3.63) is 108 Å². The first-order valence-corrected chi connectivity index (χ1v) is 9.93. The lowest BCUT2D eigenvalue weighted by molar-refractivity contribution is -0.131. The van der Waals surface area contributed by atoms with E-state index in [1.807, 2.05) is 36.4 Å². The van der Waals surface area contributed by atoms with E-state index in [-0.39, 0.29) is 5.97 Å². The van der Waals surface area contributed by atoms with Crippen LogP contribution in [0.2, 0.25) is 0 Å². The summed E-state index contributed by atoms with van der Waals surface area (Å²) in [6.45, 7) is 3.63. The molecule has 4 aromatic rings. The van der Waals surface area contributed by atoms with Gasteiger partial charge in [0.05, 0.1) is 7.11 Å². The standard InChI is InChI=1S/C27H24O3/c1-19(28)30-26-16-12-23(13-17-26)27(2,22-10-14-25(29-3)15-11-22)24-9-8-20-6-4-5-7-21(20)18-24/h4-18H,1-3H3. The van der Waals surface area contributed by atoms with Crippen molar-refractivity contribution in [3.8, 4) is 11.5 Å². The number of rotatable bonds is 5. The maximum atomic E-state index is 11.3. The highest BCUT2D eigenvalue weighted by Gasteiger charge is 2.31. The topological polar surface area (TPSA) is 35.5 Å². The number of hydrogen-bond acceptors (Lipinski definition) is 3. The van der Waals surface area contributed by atoms with E-state index in [2.05, 4.69) is 61.5 Å². The number of carbonyl (C=O) groups excluding carboxylic acids is 1. The Morgan fingerprint density at radius 2 is 1.23 bits per heavy atom. The van der Waals surface area contributed by atoms with E-state index in [1.165, 1.54) is 23.3 Å². The van der Waals surface area contributed by atoms with Crippen LogP contribution in [0.25, 0.3) is 10.8 Å². The second-order valence-corrected chi connectivity index (χ2v) is 7.53. The molecule has 0 heterocycles. The summed E-state index contributed by atoms with van der Waals surface area (Å²) in [6.07, 6.45) is 0. The lowest BCUT2D eigenvalue weighted by atomic mass is 9.71. The van der Waals surface area contributed by atoms with Gasteiger partial charge in [-0.3, -0.25) is 4.79 Å². The van der Waals surface area contributed by atoms with Gasteiger partial charge < -0.3 is 9.47 Å². The van der Waals surface area contributed by atoms with Crippen molar-refractivity contribution in [3.63, 3.8) is 0 Å². The Labute approximate surface area is 176 Å². The Bertz CT molecular complexity index is 1180. The molecule has 0 N–H and O–H groups in total. The van der Waals surface area contributed by atoms with Gasteiger partial charge in [-0.25, -0.2) is 0 Å². The molecule has 4 rings (SSSR count). The molecule has 0 aromatic heterocycles. The molecule has 0 aliphatic carbocycles. The molecule has 0 fully saturated rings. The highest BCUT2D eigenvalue weighted by molar-refractivity contribution is 5.83. The third-order valence-electron chi connectivity index (χ3n) is 5.69. The molecule has 0 saturated heterocycles. The second-order valence-electron chi connectivity index (χ2n) is 7.53. The number of esters is 1. The van der Waals surface area contributed by atoms with Crippen molar-refractivity contribution < 1.29 is 14.3 Å². The number of methoxy groups -OCH3 is 1. The zero-order valence-electron chi connectivity index (χ0n) is 17.4. The van der Waals surface area contributed by atoms with E-state index in [1.54, 1.807) is 7.11 Å². The van der Waals surface area contributed by atoms with Gasteiger partial charge in [0.2, 0.25) is 0 Å². The van der Waals surface area contributed by atoms with E-state index in [0.29, 0.717) is 5.75 Å². The van der Waals surface area contributed by atoms with Crippen LogP contribution in [0.5, 0.6) is 11.5 Å². The van der Waals surface area contributed by atoms with Gasteiger partial charge in [0, 0.05) is 12.3 Å². The van der Waals surface area contributed by atoms with Crippen LogP contribution >= 0.6 is 0 Å². The summed E-state index contributed by atoms with van der Waals surface area (Å²) in [6, 6.07) is 30.9. The number of fused-ring (bicyclic) bond motifs is 1. The van der Waals surface area contributed by atoms with Gasteiger partial charge in [0.15, 0.2) is 0 Å². The third-order valence-corrected chi connectivity index (χ3v) is 5.69. The van der Waals surface area contributed by atoms with Crippen molar-refractivity contribution in [1.29, 1.82) is 0 Å². The van der Waals surface area contributed by atoms with Crippen LogP contribution in [-0.2, 0) is 10.2 Å². The van der Waals surface area contributed by atoms with E-state index in [0.717, 1.165) is 16.9 Å². The van der Waals surface area contributed by atoms with Crippen LogP contribution in [-0.4, -0.2) is 13.1 Å². The number of ether oxygens (including phenoxy) is 2. The summed E-state index contributed by atoms with van der Waals surface area (Å²) in [7, 11) is 1.67. The van der Waals surface area contributed by atoms with Crippen molar-refractivity contribution in [2.45, 2.75) is 19.3 Å². The van der Waals surface area contributed by atoms with Crippen molar-refractivity contribution in [2.75, 3.05) is 7.11 Å². The van der Waals surface area contributed by atoms with Crippen molar-refractivity contribution in [2.24, 2.45) is 0 Å². The fourth-order valence-corrected chi connectivity index (χ4v) is 3.95. The number of benzene rings is 4. The molecule has 3 nitrogen and oxygen atoms in total. The molecule has 1 atom stereocenters. The number of hydrogen-bond donors (Lipinski definition) is 0. The average molecular weight is 396 g/mol. The Morgan fingerprint density at radius 1 is 0.700 bits per heavy atom. The molecule has 0 aliphatic rings. The van der Waals surface area contributed by atoms with Crippen molar-refractivity contribution >= 4 is 16.7 Å². The average Bonchev–Trinajstić information content (AvgIpc) is 2.78. The van der Waals surface area contributed by atoms with Crippen LogP contribution in [0.15, 0.2) is 91.0 Å². The molecular weight excluding hydrogens is 372 g/mol. The second kappa shape index (κ2) is 8.03. The highest BCUT2D eigenvalue weighted by Crippen LogP contribution is 2.41. The largest absolute Gasteiger partial charge is 0.497 e. The molecule has 30 heavy (non-hydrogen) atoms. The SMILES string of the molecule is COc1ccc(C(C)(c2ccc(OC(C)=O)cc2)c2ccc3ccccc3c2)cc1. The first kappa shape index (κ1) is 19.7. The summed E-state index contributed by atoms with van der Waals surface area (Å²) < 4.78 is 10.6. The van der Waals surface area contributed by atoms with Crippen LogP contribution in [0, 0.1) is 0 Å². The van der Waals surface area contributed by atoms with Crippen LogP contribution in [0.4, 0.5) is 0 Å². The molecule has 3 heteroatoms. The summed E-state index contributed by atoms with van der Waals surface area (Å²) in [5.41, 5.74) is 3.05. The van der Waals surface area contributed by atoms with Gasteiger partial charge in [-0.05, 0) is 64.7 Å². The first-order chi connectivity index (χ1) is 14.5. The van der Waals surface area contributed by atoms with Crippen molar-refractivity contribution in [1.82, 2.24) is 0 Å². The molecule has 1 unspecified atom stereocenters. The predicted molar refractivity (Wildman–Crippen MR) is 120 cm³/mol. The lowest BCUT2D eigenvalue weighted by Gasteiger charge is -2.32. The van der Waals surface area contributed by atoms with E-state index in [9.17, 15) is 4.79 Å². The molecule has 0 amide bonds. The van der Waals surface area contributed by atoms with Crippen LogP contribution in [0.3, 0.4) is 0 Å². The molecule has 0 saturated carbocycles. The minimum atomic E-state index is -0.398. The first-order valence-electron chi connectivity index (χ1n) is 9.93.